The summed E-state index contributed by atoms with van der Waals surface area (Å²) >= 11 is 0. The van der Waals surface area contributed by atoms with E-state index in [2.05, 4.69) is 53.0 Å². The summed E-state index contributed by atoms with van der Waals surface area (Å²) in [5, 5.41) is 0. The van der Waals surface area contributed by atoms with Crippen LogP contribution < -0.4 is 0 Å². The van der Waals surface area contributed by atoms with Crippen LogP contribution in [0.15, 0.2) is 36.1 Å². The van der Waals surface area contributed by atoms with Gasteiger partial charge >= 0.3 is 0 Å². The molecule has 0 aromatic heterocycles. The third kappa shape index (κ3) is 1.79. The van der Waals surface area contributed by atoms with Gasteiger partial charge in [0.05, 0.1) is 0 Å². The highest BCUT2D eigenvalue weighted by Gasteiger charge is 2.16. The van der Waals surface area contributed by atoms with E-state index in [4.69, 9.17) is 0 Å². The molecule has 0 radical (unpaired) electrons. The summed E-state index contributed by atoms with van der Waals surface area (Å²) in [5.74, 6) is 0. The summed E-state index contributed by atoms with van der Waals surface area (Å²) < 4.78 is 0. The number of rotatable bonds is 2. The van der Waals surface area contributed by atoms with Gasteiger partial charge < -0.3 is 0 Å². The van der Waals surface area contributed by atoms with Gasteiger partial charge in [0.25, 0.3) is 0 Å². The van der Waals surface area contributed by atoms with E-state index in [1.165, 1.54) is 33.4 Å². The Hall–Kier alpha value is -1.78. The van der Waals surface area contributed by atoms with Crippen LogP contribution in [-0.4, -0.2) is 0 Å². The Bertz CT molecular complexity index is 601. The monoisotopic (exact) mass is 236 g/mol. The highest BCUT2D eigenvalue weighted by atomic mass is 14.2. The predicted octanol–water partition coefficient (Wildman–Crippen LogP) is 4.89. The Morgan fingerprint density at radius 2 is 1.39 bits per heavy atom. The van der Waals surface area contributed by atoms with Gasteiger partial charge in [0.2, 0.25) is 0 Å². The zero-order chi connectivity index (χ0) is 13.4. The van der Waals surface area contributed by atoms with Crippen molar-refractivity contribution in [2.45, 2.75) is 34.6 Å². The lowest BCUT2D eigenvalue weighted by molar-refractivity contribution is 1.16. The molecule has 0 heteroatoms. The van der Waals surface area contributed by atoms with E-state index < -0.39 is 0 Å². The molecule has 0 nitrogen and oxygen atoms in total. The standard InChI is InChI=1S/C18H20/c1-11-12(2)14(4)18(15(5)13(11)3)16(6)17-9-7-8-10-17/h7-9H,6H2,1-5H3. The van der Waals surface area contributed by atoms with Crippen molar-refractivity contribution in [1.82, 2.24) is 0 Å². The van der Waals surface area contributed by atoms with Gasteiger partial charge in [-0.2, -0.15) is 0 Å². The Morgan fingerprint density at radius 1 is 0.889 bits per heavy atom. The Labute approximate surface area is 110 Å². The van der Waals surface area contributed by atoms with Gasteiger partial charge in [-0.15, -0.1) is 5.73 Å². The average molecular weight is 236 g/mol. The van der Waals surface area contributed by atoms with Crippen LogP contribution in [0.4, 0.5) is 0 Å². The minimum atomic E-state index is 1.08. The highest BCUT2D eigenvalue weighted by Crippen LogP contribution is 2.34. The molecular weight excluding hydrogens is 216 g/mol. The Balaban J connectivity index is 2.69. The largest absolute Gasteiger partial charge is 0.112 e. The van der Waals surface area contributed by atoms with Crippen molar-refractivity contribution < 1.29 is 0 Å². The van der Waals surface area contributed by atoms with Gasteiger partial charge in [-0.1, -0.05) is 12.7 Å². The fraction of sp³-hybridized carbons (Fsp3) is 0.278. The normalized spacial score (nSPS) is 13.1. The van der Waals surface area contributed by atoms with Gasteiger partial charge in [-0.3, -0.25) is 0 Å². The molecule has 0 amide bonds. The molecule has 1 aromatic carbocycles. The van der Waals surface area contributed by atoms with Crippen molar-refractivity contribution in [2.75, 3.05) is 0 Å². The molecule has 0 atom stereocenters. The summed E-state index contributed by atoms with van der Waals surface area (Å²) in [5.41, 5.74) is 13.6. The van der Waals surface area contributed by atoms with Crippen LogP contribution in [0.3, 0.4) is 0 Å². The summed E-state index contributed by atoms with van der Waals surface area (Å²) in [6.45, 7) is 15.2. The quantitative estimate of drug-likeness (QED) is 0.641. The summed E-state index contributed by atoms with van der Waals surface area (Å²) in [7, 11) is 0. The molecule has 0 heterocycles. The summed E-state index contributed by atoms with van der Waals surface area (Å²) in [6.07, 6.45) is 6.03. The van der Waals surface area contributed by atoms with Gasteiger partial charge in [-0.05, 0) is 85.7 Å². The van der Waals surface area contributed by atoms with Crippen molar-refractivity contribution in [3.05, 3.63) is 69.5 Å². The van der Waals surface area contributed by atoms with E-state index in [1.54, 1.807) is 0 Å². The van der Waals surface area contributed by atoms with E-state index in [0.717, 1.165) is 11.1 Å². The summed E-state index contributed by atoms with van der Waals surface area (Å²) in [6, 6.07) is 0. The first-order chi connectivity index (χ1) is 8.45. The van der Waals surface area contributed by atoms with Crippen LogP contribution in [0.1, 0.15) is 33.4 Å². The molecule has 18 heavy (non-hydrogen) atoms. The van der Waals surface area contributed by atoms with Gasteiger partial charge in [0, 0.05) is 5.57 Å². The van der Waals surface area contributed by atoms with Gasteiger partial charge in [0.1, 0.15) is 0 Å². The molecule has 0 fully saturated rings. The molecule has 92 valence electrons. The average Bonchev–Trinajstić information content (AvgIpc) is 2.88. The van der Waals surface area contributed by atoms with Crippen LogP contribution in [0, 0.1) is 34.6 Å². The molecule has 1 aromatic rings. The SMILES string of the molecule is C=C(C1=C=CC=C1)c1c(C)c(C)c(C)c(C)c1C. The van der Waals surface area contributed by atoms with Crippen LogP contribution in [-0.2, 0) is 0 Å². The minimum absolute atomic E-state index is 1.08. The molecule has 0 bridgehead atoms. The lowest BCUT2D eigenvalue weighted by Crippen LogP contribution is -2.02. The van der Waals surface area contributed by atoms with E-state index >= 15 is 0 Å². The van der Waals surface area contributed by atoms with Crippen LogP contribution in [0.5, 0.6) is 0 Å². The number of benzene rings is 1. The zero-order valence-electron chi connectivity index (χ0n) is 11.9. The minimum Gasteiger partial charge on any atom is -0.112 e. The number of hydrogen-bond acceptors (Lipinski definition) is 0. The van der Waals surface area contributed by atoms with Crippen LogP contribution in [0.25, 0.3) is 5.57 Å². The zero-order valence-corrected chi connectivity index (χ0v) is 11.9. The summed E-state index contributed by atoms with van der Waals surface area (Å²) in [4.78, 5) is 0. The first-order valence-corrected chi connectivity index (χ1v) is 6.35. The van der Waals surface area contributed by atoms with Crippen LogP contribution >= 0.6 is 0 Å². The number of allylic oxidation sites excluding steroid dienone is 4. The van der Waals surface area contributed by atoms with E-state index in [1.807, 2.05) is 12.2 Å². The molecule has 1 aliphatic carbocycles. The second-order valence-electron chi connectivity index (χ2n) is 5.06. The molecule has 1 aliphatic rings. The smallest absolute Gasteiger partial charge is 0.0237 e. The van der Waals surface area contributed by atoms with Crippen molar-refractivity contribution in [3.8, 4) is 0 Å². The molecular formula is C18H20. The molecule has 0 saturated heterocycles. The molecule has 0 N–H and O–H groups in total. The third-order valence-corrected chi connectivity index (χ3v) is 4.22. The molecule has 0 aliphatic heterocycles. The lowest BCUT2D eigenvalue weighted by Gasteiger charge is -2.20. The van der Waals surface area contributed by atoms with Crippen molar-refractivity contribution in [1.29, 1.82) is 0 Å². The molecule has 0 spiro atoms. The molecule has 0 saturated carbocycles. The van der Waals surface area contributed by atoms with Crippen LogP contribution in [0.2, 0.25) is 0 Å². The van der Waals surface area contributed by atoms with Gasteiger partial charge in [-0.25, -0.2) is 0 Å². The molecule has 2 rings (SSSR count). The maximum absolute atomic E-state index is 4.27. The first-order valence-electron chi connectivity index (χ1n) is 6.35. The fourth-order valence-corrected chi connectivity index (χ4v) is 2.61. The van der Waals surface area contributed by atoms with Gasteiger partial charge in [0.15, 0.2) is 0 Å². The van der Waals surface area contributed by atoms with E-state index in [9.17, 15) is 0 Å². The maximum atomic E-state index is 4.27. The Morgan fingerprint density at radius 3 is 1.83 bits per heavy atom. The topological polar surface area (TPSA) is 0 Å². The predicted molar refractivity (Wildman–Crippen MR) is 79.9 cm³/mol. The van der Waals surface area contributed by atoms with E-state index in [-0.39, 0.29) is 0 Å². The van der Waals surface area contributed by atoms with Crippen molar-refractivity contribution >= 4 is 5.57 Å². The third-order valence-electron chi connectivity index (χ3n) is 4.22. The first kappa shape index (κ1) is 12.7. The second kappa shape index (κ2) is 4.48. The second-order valence-corrected chi connectivity index (χ2v) is 5.06. The number of hydrogen-bond donors (Lipinski definition) is 0. The highest BCUT2D eigenvalue weighted by molar-refractivity contribution is 5.85. The molecule has 0 unspecified atom stereocenters. The maximum Gasteiger partial charge on any atom is 0.0237 e. The van der Waals surface area contributed by atoms with Crippen molar-refractivity contribution in [2.24, 2.45) is 0 Å². The van der Waals surface area contributed by atoms with E-state index in [0.29, 0.717) is 0 Å². The lowest BCUT2D eigenvalue weighted by atomic mass is 9.85. The Kier molecular flexibility index (Phi) is 3.15. The van der Waals surface area contributed by atoms with Crippen molar-refractivity contribution in [3.63, 3.8) is 0 Å². The fourth-order valence-electron chi connectivity index (χ4n) is 2.61.